The highest BCUT2D eigenvalue weighted by Gasteiger charge is 2.17. The van der Waals surface area contributed by atoms with Gasteiger partial charge in [-0.1, -0.05) is 0 Å². The van der Waals surface area contributed by atoms with Gasteiger partial charge < -0.3 is 10.4 Å². The molecule has 0 aliphatic rings. The lowest BCUT2D eigenvalue weighted by atomic mass is 10.3. The molecule has 0 radical (unpaired) electrons. The predicted octanol–water partition coefficient (Wildman–Crippen LogP) is -0.432. The van der Waals surface area contributed by atoms with Crippen LogP contribution in [0.2, 0.25) is 0 Å². The number of hydrogen-bond acceptors (Lipinski definition) is 4. The zero-order valence-corrected chi connectivity index (χ0v) is 8.48. The summed E-state index contributed by atoms with van der Waals surface area (Å²) >= 11 is 0. The summed E-state index contributed by atoms with van der Waals surface area (Å²) in [4.78, 5) is 14.8. The number of carbonyl (C=O) groups is 1. The molecule has 1 heterocycles. The normalized spacial score (nSPS) is 12.8. The van der Waals surface area contributed by atoms with Gasteiger partial charge >= 0.3 is 5.97 Å². The van der Waals surface area contributed by atoms with Crippen molar-refractivity contribution < 1.29 is 9.90 Å². The van der Waals surface area contributed by atoms with E-state index in [9.17, 15) is 4.79 Å². The Kier molecular flexibility index (Phi) is 3.19. The van der Waals surface area contributed by atoms with Crippen molar-refractivity contribution in [3.05, 3.63) is 11.6 Å². The van der Waals surface area contributed by atoms with Crippen LogP contribution in [0.1, 0.15) is 11.6 Å². The molecule has 2 N–H and O–H groups in total. The second kappa shape index (κ2) is 4.19. The minimum atomic E-state index is -0.889. The summed E-state index contributed by atoms with van der Waals surface area (Å²) in [6, 6.07) is -0.630. The molecular weight excluding hydrogens is 184 g/mol. The number of aromatic nitrogens is 3. The first-order chi connectivity index (χ1) is 6.54. The SMILES string of the molecule is CNC(Cn1nc(C)nc1C)C(=O)O. The van der Waals surface area contributed by atoms with Crippen LogP contribution >= 0.6 is 0 Å². The molecule has 78 valence electrons. The molecule has 1 rings (SSSR count). The van der Waals surface area contributed by atoms with Crippen LogP contribution in [0.15, 0.2) is 0 Å². The largest absolute Gasteiger partial charge is 0.480 e. The number of aryl methyl sites for hydroxylation is 2. The zero-order chi connectivity index (χ0) is 10.7. The number of carboxylic acids is 1. The van der Waals surface area contributed by atoms with Gasteiger partial charge in [0.05, 0.1) is 6.54 Å². The van der Waals surface area contributed by atoms with E-state index in [1.165, 1.54) is 0 Å². The number of likely N-dealkylation sites (N-methyl/N-ethyl adjacent to an activating group) is 1. The molecule has 1 atom stereocenters. The Morgan fingerprint density at radius 1 is 1.64 bits per heavy atom. The molecule has 0 saturated carbocycles. The topological polar surface area (TPSA) is 80.0 Å². The van der Waals surface area contributed by atoms with E-state index in [2.05, 4.69) is 15.4 Å². The van der Waals surface area contributed by atoms with E-state index in [4.69, 9.17) is 5.11 Å². The second-order valence-corrected chi connectivity index (χ2v) is 3.07. The highest BCUT2D eigenvalue weighted by molar-refractivity contribution is 5.73. The van der Waals surface area contributed by atoms with E-state index < -0.39 is 12.0 Å². The summed E-state index contributed by atoms with van der Waals surface area (Å²) in [5, 5.41) is 15.6. The van der Waals surface area contributed by atoms with Crippen molar-refractivity contribution in [3.63, 3.8) is 0 Å². The van der Waals surface area contributed by atoms with E-state index in [1.54, 1.807) is 25.6 Å². The Balaban J connectivity index is 2.76. The van der Waals surface area contributed by atoms with Crippen molar-refractivity contribution in [2.24, 2.45) is 0 Å². The van der Waals surface area contributed by atoms with Crippen molar-refractivity contribution >= 4 is 5.97 Å². The van der Waals surface area contributed by atoms with Crippen molar-refractivity contribution in [2.75, 3.05) is 7.05 Å². The van der Waals surface area contributed by atoms with Crippen LogP contribution < -0.4 is 5.32 Å². The van der Waals surface area contributed by atoms with Crippen molar-refractivity contribution in [3.8, 4) is 0 Å². The predicted molar refractivity (Wildman–Crippen MR) is 50.0 cm³/mol. The quantitative estimate of drug-likeness (QED) is 0.686. The van der Waals surface area contributed by atoms with Gasteiger partial charge in [0.25, 0.3) is 0 Å². The molecule has 14 heavy (non-hydrogen) atoms. The van der Waals surface area contributed by atoms with Crippen LogP contribution in [0, 0.1) is 13.8 Å². The Bertz CT molecular complexity index is 334. The number of nitrogens with one attached hydrogen (secondary N) is 1. The molecule has 0 aromatic carbocycles. The number of rotatable bonds is 4. The molecule has 0 bridgehead atoms. The van der Waals surface area contributed by atoms with E-state index >= 15 is 0 Å². The Hall–Kier alpha value is -1.43. The minimum absolute atomic E-state index is 0.290. The Morgan fingerprint density at radius 3 is 2.64 bits per heavy atom. The first-order valence-corrected chi connectivity index (χ1v) is 4.32. The number of carboxylic acid groups (broad SMARTS) is 1. The minimum Gasteiger partial charge on any atom is -0.480 e. The molecule has 1 unspecified atom stereocenters. The van der Waals surface area contributed by atoms with Crippen LogP contribution in [0.4, 0.5) is 0 Å². The highest BCUT2D eigenvalue weighted by atomic mass is 16.4. The molecule has 0 spiro atoms. The molecule has 6 nitrogen and oxygen atoms in total. The lowest BCUT2D eigenvalue weighted by Gasteiger charge is -2.11. The second-order valence-electron chi connectivity index (χ2n) is 3.07. The molecule has 0 amide bonds. The lowest BCUT2D eigenvalue weighted by molar-refractivity contribution is -0.139. The van der Waals surface area contributed by atoms with E-state index in [0.29, 0.717) is 12.4 Å². The van der Waals surface area contributed by atoms with Crippen molar-refractivity contribution in [1.29, 1.82) is 0 Å². The molecule has 6 heteroatoms. The maximum atomic E-state index is 10.7. The lowest BCUT2D eigenvalue weighted by Crippen LogP contribution is -2.38. The van der Waals surface area contributed by atoms with Gasteiger partial charge in [-0.05, 0) is 20.9 Å². The van der Waals surface area contributed by atoms with Gasteiger partial charge in [-0.15, -0.1) is 0 Å². The number of hydrogen-bond donors (Lipinski definition) is 2. The van der Waals surface area contributed by atoms with Crippen LogP contribution in [0.3, 0.4) is 0 Å². The molecule has 1 aromatic heterocycles. The molecule has 0 aliphatic heterocycles. The molecular formula is C8H14N4O2. The first kappa shape index (κ1) is 10.6. The summed E-state index contributed by atoms with van der Waals surface area (Å²) < 4.78 is 1.59. The maximum absolute atomic E-state index is 10.7. The zero-order valence-electron chi connectivity index (χ0n) is 8.48. The molecule has 0 saturated heterocycles. The summed E-state index contributed by atoms with van der Waals surface area (Å²) in [5.41, 5.74) is 0. The third-order valence-electron chi connectivity index (χ3n) is 1.96. The third-order valence-corrected chi connectivity index (χ3v) is 1.96. The smallest absolute Gasteiger partial charge is 0.322 e. The average molecular weight is 198 g/mol. The van der Waals surface area contributed by atoms with E-state index in [0.717, 1.165) is 5.82 Å². The van der Waals surface area contributed by atoms with E-state index in [1.807, 2.05) is 0 Å². The van der Waals surface area contributed by atoms with Crippen molar-refractivity contribution in [2.45, 2.75) is 26.4 Å². The Labute approximate surface area is 82.0 Å². The molecule has 0 aliphatic carbocycles. The van der Waals surface area contributed by atoms with Gasteiger partial charge in [0.1, 0.15) is 17.7 Å². The van der Waals surface area contributed by atoms with Crippen LogP contribution in [-0.4, -0.2) is 38.9 Å². The van der Waals surface area contributed by atoms with Crippen molar-refractivity contribution in [1.82, 2.24) is 20.1 Å². The maximum Gasteiger partial charge on any atom is 0.322 e. The summed E-state index contributed by atoms with van der Waals surface area (Å²) in [7, 11) is 1.61. The number of aliphatic carboxylic acids is 1. The highest BCUT2D eigenvalue weighted by Crippen LogP contribution is 1.98. The fourth-order valence-corrected chi connectivity index (χ4v) is 1.20. The average Bonchev–Trinajstić information content (AvgIpc) is 2.40. The van der Waals surface area contributed by atoms with Gasteiger partial charge in [-0.2, -0.15) is 5.10 Å². The van der Waals surface area contributed by atoms with Gasteiger partial charge in [0, 0.05) is 0 Å². The van der Waals surface area contributed by atoms with Gasteiger partial charge in [-0.3, -0.25) is 4.79 Å². The Morgan fingerprint density at radius 2 is 2.29 bits per heavy atom. The number of nitrogens with zero attached hydrogens (tertiary/aromatic N) is 3. The fraction of sp³-hybridized carbons (Fsp3) is 0.625. The molecule has 1 aromatic rings. The van der Waals surface area contributed by atoms with Gasteiger partial charge in [0.15, 0.2) is 0 Å². The summed E-state index contributed by atoms with van der Waals surface area (Å²) in [6.45, 7) is 3.87. The monoisotopic (exact) mass is 198 g/mol. The van der Waals surface area contributed by atoms with Gasteiger partial charge in [0.2, 0.25) is 0 Å². The van der Waals surface area contributed by atoms with E-state index in [-0.39, 0.29) is 0 Å². The fourth-order valence-electron chi connectivity index (χ4n) is 1.20. The summed E-state index contributed by atoms with van der Waals surface area (Å²) in [5.74, 6) is 0.492. The third kappa shape index (κ3) is 2.29. The first-order valence-electron chi connectivity index (χ1n) is 4.32. The summed E-state index contributed by atoms with van der Waals surface area (Å²) in [6.07, 6.45) is 0. The van der Waals surface area contributed by atoms with Gasteiger partial charge in [-0.25, -0.2) is 9.67 Å². The standard InChI is InChI=1S/C8H14N4O2/c1-5-10-6(2)12(11-5)4-7(9-3)8(13)14/h7,9H,4H2,1-3H3,(H,13,14). The van der Waals surface area contributed by atoms with Crippen LogP contribution in [0.5, 0.6) is 0 Å². The molecule has 0 fully saturated rings. The van der Waals surface area contributed by atoms with Crippen LogP contribution in [-0.2, 0) is 11.3 Å². The van der Waals surface area contributed by atoms with Crippen LogP contribution in [0.25, 0.3) is 0 Å².